The zero-order chi connectivity index (χ0) is 20.7. The summed E-state index contributed by atoms with van der Waals surface area (Å²) in [4.78, 5) is 14.9. The third kappa shape index (κ3) is 5.46. The van der Waals surface area contributed by atoms with E-state index in [1.54, 1.807) is 0 Å². The molecule has 7 nitrogen and oxygen atoms in total. The molecule has 29 heavy (non-hydrogen) atoms. The molecule has 0 aromatic carbocycles. The van der Waals surface area contributed by atoms with Crippen LogP contribution in [0.15, 0.2) is 5.16 Å². The van der Waals surface area contributed by atoms with Crippen LogP contribution in [0.1, 0.15) is 58.8 Å². The normalized spacial score (nSPS) is 19.9. The fourth-order valence-electron chi connectivity index (χ4n) is 3.97. The van der Waals surface area contributed by atoms with E-state index >= 15 is 0 Å². The number of rotatable bonds is 9. The van der Waals surface area contributed by atoms with E-state index in [-0.39, 0.29) is 17.8 Å². The van der Waals surface area contributed by atoms with Crippen molar-refractivity contribution in [2.45, 2.75) is 82.1 Å². The van der Waals surface area contributed by atoms with Gasteiger partial charge >= 0.3 is 0 Å². The Morgan fingerprint density at radius 2 is 2.03 bits per heavy atom. The van der Waals surface area contributed by atoms with Gasteiger partial charge in [-0.3, -0.25) is 9.36 Å². The van der Waals surface area contributed by atoms with E-state index in [0.29, 0.717) is 12.8 Å². The van der Waals surface area contributed by atoms with Gasteiger partial charge in [0.25, 0.3) is 0 Å². The third-order valence-electron chi connectivity index (χ3n) is 5.94. The van der Waals surface area contributed by atoms with E-state index in [1.807, 2.05) is 13.8 Å². The molecular weight excluding hydrogens is 386 g/mol. The van der Waals surface area contributed by atoms with E-state index in [4.69, 9.17) is 11.2 Å². The van der Waals surface area contributed by atoms with Crippen LogP contribution in [0.4, 0.5) is 5.95 Å². The Bertz CT molecular complexity index is 713. The van der Waals surface area contributed by atoms with Gasteiger partial charge in [0.15, 0.2) is 5.16 Å². The quantitative estimate of drug-likeness (QED) is 0.490. The molecule has 0 saturated carbocycles. The number of carbonyl (C=O) groups is 1. The lowest BCUT2D eigenvalue weighted by Gasteiger charge is -2.28. The maximum atomic E-state index is 12.6. The van der Waals surface area contributed by atoms with Gasteiger partial charge in [-0.2, -0.15) is 0 Å². The number of nitrogens with zero attached hydrogens (tertiary/aromatic N) is 4. The number of piperidine rings is 1. The minimum absolute atomic E-state index is 0.0668. The Hall–Kier alpha value is -1.72. The van der Waals surface area contributed by atoms with Gasteiger partial charge in [0.2, 0.25) is 11.9 Å². The fourth-order valence-corrected chi connectivity index (χ4v) is 4.71. The monoisotopic (exact) mass is 419 g/mol. The van der Waals surface area contributed by atoms with E-state index in [0.717, 1.165) is 50.2 Å². The number of aromatic nitrogens is 3. The van der Waals surface area contributed by atoms with E-state index in [1.165, 1.54) is 31.0 Å². The number of terminal acetylenes is 1. The van der Waals surface area contributed by atoms with Crippen molar-refractivity contribution < 1.29 is 9.53 Å². The summed E-state index contributed by atoms with van der Waals surface area (Å²) in [7, 11) is 0. The second-order valence-electron chi connectivity index (χ2n) is 7.85. The predicted octanol–water partition coefficient (Wildman–Crippen LogP) is 2.85. The van der Waals surface area contributed by atoms with Crippen molar-refractivity contribution in [3.05, 3.63) is 0 Å². The molecule has 1 aromatic rings. The Balaban J connectivity index is 1.69. The van der Waals surface area contributed by atoms with Gasteiger partial charge in [-0.05, 0) is 44.9 Å². The number of hydrogen-bond acceptors (Lipinski definition) is 6. The summed E-state index contributed by atoms with van der Waals surface area (Å²) >= 11 is 1.42. The summed E-state index contributed by atoms with van der Waals surface area (Å²) in [6, 6.07) is 0. The van der Waals surface area contributed by atoms with Crippen LogP contribution in [0.25, 0.3) is 0 Å². The molecule has 2 fully saturated rings. The predicted molar refractivity (Wildman–Crippen MR) is 116 cm³/mol. The number of amides is 1. The minimum Gasteiger partial charge on any atom is -0.376 e. The molecule has 0 bridgehead atoms. The zero-order valence-electron chi connectivity index (χ0n) is 17.7. The van der Waals surface area contributed by atoms with E-state index in [9.17, 15) is 4.79 Å². The molecule has 1 amide bonds. The molecule has 160 valence electrons. The number of anilines is 1. The lowest BCUT2D eigenvalue weighted by Crippen LogP contribution is -2.47. The third-order valence-corrected chi connectivity index (χ3v) is 6.91. The average molecular weight is 420 g/mol. The molecule has 1 N–H and O–H groups in total. The maximum Gasteiger partial charge on any atom is 0.231 e. The number of nitrogens with one attached hydrogen (secondary N) is 1. The molecule has 2 saturated heterocycles. The highest BCUT2D eigenvalue weighted by Crippen LogP contribution is 2.27. The first-order chi connectivity index (χ1) is 14.1. The van der Waals surface area contributed by atoms with Crippen LogP contribution in [0.2, 0.25) is 0 Å². The molecular formula is C21H33N5O2S. The molecule has 2 aliphatic heterocycles. The van der Waals surface area contributed by atoms with Crippen molar-refractivity contribution in [1.29, 1.82) is 0 Å². The molecule has 1 aromatic heterocycles. The van der Waals surface area contributed by atoms with Gasteiger partial charge in [-0.25, -0.2) is 0 Å². The molecule has 1 atom stereocenters. The van der Waals surface area contributed by atoms with Crippen molar-refractivity contribution in [3.8, 4) is 12.3 Å². The van der Waals surface area contributed by atoms with Crippen LogP contribution < -0.4 is 10.2 Å². The molecule has 2 aliphatic rings. The summed E-state index contributed by atoms with van der Waals surface area (Å²) in [6.45, 7) is 7.57. The van der Waals surface area contributed by atoms with E-state index < -0.39 is 5.54 Å². The van der Waals surface area contributed by atoms with Gasteiger partial charge in [-0.15, -0.1) is 16.6 Å². The summed E-state index contributed by atoms with van der Waals surface area (Å²) in [5, 5.41) is 12.7. The van der Waals surface area contributed by atoms with Gasteiger partial charge in [0.05, 0.1) is 18.4 Å². The lowest BCUT2D eigenvalue weighted by molar-refractivity contribution is -0.119. The molecule has 0 unspecified atom stereocenters. The van der Waals surface area contributed by atoms with Gasteiger partial charge in [0.1, 0.15) is 5.54 Å². The molecule has 3 heterocycles. The lowest BCUT2D eigenvalue weighted by atomic mass is 9.94. The second-order valence-corrected chi connectivity index (χ2v) is 8.79. The van der Waals surface area contributed by atoms with Crippen LogP contribution in [0.5, 0.6) is 0 Å². The van der Waals surface area contributed by atoms with Gasteiger partial charge in [0, 0.05) is 19.7 Å². The Morgan fingerprint density at radius 3 is 2.66 bits per heavy atom. The molecule has 0 spiro atoms. The molecule has 3 rings (SSSR count). The highest BCUT2D eigenvalue weighted by atomic mass is 32.2. The number of carbonyl (C=O) groups excluding carboxylic acids is 1. The van der Waals surface area contributed by atoms with Crippen LogP contribution in [-0.4, -0.2) is 57.8 Å². The SMILES string of the molecule is C#CC(CC)(CC)NC(=O)CSc1nnc(N2CCCCC2)n1C[C@H]1CCCO1. The fraction of sp³-hybridized carbons (Fsp3) is 0.762. The summed E-state index contributed by atoms with van der Waals surface area (Å²) in [5.74, 6) is 3.86. The minimum atomic E-state index is -0.567. The highest BCUT2D eigenvalue weighted by Gasteiger charge is 2.27. The number of thioether (sulfide) groups is 1. The van der Waals surface area contributed by atoms with Crippen molar-refractivity contribution in [3.63, 3.8) is 0 Å². The van der Waals surface area contributed by atoms with Crippen molar-refractivity contribution in [1.82, 2.24) is 20.1 Å². The number of hydrogen-bond donors (Lipinski definition) is 1. The molecule has 0 aliphatic carbocycles. The van der Waals surface area contributed by atoms with Crippen LogP contribution in [0, 0.1) is 12.3 Å². The molecule has 0 radical (unpaired) electrons. The second kappa shape index (κ2) is 10.4. The van der Waals surface area contributed by atoms with E-state index in [2.05, 4.69) is 30.9 Å². The van der Waals surface area contributed by atoms with Crippen LogP contribution >= 0.6 is 11.8 Å². The van der Waals surface area contributed by atoms with Gasteiger partial charge in [-0.1, -0.05) is 31.5 Å². The average Bonchev–Trinajstić information content (AvgIpc) is 3.42. The summed E-state index contributed by atoms with van der Waals surface area (Å²) in [6.07, 6.45) is 13.1. The standard InChI is InChI=1S/C21H33N5O2S/c1-4-21(5-2,6-3)22-18(27)16-29-20-24-23-19(25-12-8-7-9-13-25)26(20)15-17-11-10-14-28-17/h1,17H,5-16H2,2-3H3,(H,22,27)/t17-/m1/s1. The highest BCUT2D eigenvalue weighted by molar-refractivity contribution is 7.99. The summed E-state index contributed by atoms with van der Waals surface area (Å²) < 4.78 is 8.00. The number of ether oxygens (including phenoxy) is 1. The first kappa shape index (κ1) is 22.0. The van der Waals surface area contributed by atoms with Gasteiger partial charge < -0.3 is 15.0 Å². The first-order valence-corrected chi connectivity index (χ1v) is 11.8. The van der Waals surface area contributed by atoms with Crippen LogP contribution in [0.3, 0.4) is 0 Å². The Labute approximate surface area is 178 Å². The molecule has 8 heteroatoms. The largest absolute Gasteiger partial charge is 0.376 e. The summed E-state index contributed by atoms with van der Waals surface area (Å²) in [5.41, 5.74) is -0.567. The Kier molecular flexibility index (Phi) is 7.84. The van der Waals surface area contributed by atoms with Crippen molar-refractivity contribution >= 4 is 23.6 Å². The smallest absolute Gasteiger partial charge is 0.231 e. The van der Waals surface area contributed by atoms with Crippen LogP contribution in [-0.2, 0) is 16.1 Å². The zero-order valence-corrected chi connectivity index (χ0v) is 18.5. The van der Waals surface area contributed by atoms with Crippen molar-refractivity contribution in [2.75, 3.05) is 30.3 Å². The Morgan fingerprint density at radius 1 is 1.28 bits per heavy atom. The topological polar surface area (TPSA) is 72.3 Å². The maximum absolute atomic E-state index is 12.6. The first-order valence-electron chi connectivity index (χ1n) is 10.8. The van der Waals surface area contributed by atoms with Crippen molar-refractivity contribution in [2.24, 2.45) is 0 Å².